The molecule has 2 amide bonds. The predicted molar refractivity (Wildman–Crippen MR) is 206 cm³/mol. The Morgan fingerprint density at radius 3 is 2.21 bits per heavy atom. The molecule has 5 N–H and O–H groups in total. The van der Waals surface area contributed by atoms with Crippen LogP contribution in [0.5, 0.6) is 5.75 Å². The number of aliphatic hydroxyl groups is 2. The molecule has 53 heavy (non-hydrogen) atoms. The second-order valence-electron chi connectivity index (χ2n) is 13.2. The van der Waals surface area contributed by atoms with E-state index in [1.807, 2.05) is 54.6 Å². The number of amides is 2. The molecule has 14 heteroatoms. The lowest BCUT2D eigenvalue weighted by Crippen LogP contribution is -2.40. The number of carbonyl (C=O) groups excluding carboxylic acids is 2. The number of anilines is 1. The van der Waals surface area contributed by atoms with Gasteiger partial charge in [0, 0.05) is 70.9 Å². The number of aliphatic hydroxyl groups excluding tert-OH is 2. The molecule has 0 spiro atoms. The second-order valence-corrected chi connectivity index (χ2v) is 15.3. The number of benzene rings is 3. The van der Waals surface area contributed by atoms with Gasteiger partial charge >= 0.3 is 6.09 Å². The summed E-state index contributed by atoms with van der Waals surface area (Å²) < 4.78 is 33.9. The van der Waals surface area contributed by atoms with Gasteiger partial charge in [-0.15, -0.1) is 0 Å². The van der Waals surface area contributed by atoms with Gasteiger partial charge < -0.3 is 30.3 Å². The molecule has 1 heterocycles. The highest BCUT2D eigenvalue weighted by Gasteiger charge is 2.24. The van der Waals surface area contributed by atoms with E-state index in [9.17, 15) is 33.3 Å². The summed E-state index contributed by atoms with van der Waals surface area (Å²) in [4.78, 5) is 29.2. The zero-order valence-corrected chi connectivity index (χ0v) is 31.3. The lowest BCUT2D eigenvalue weighted by molar-refractivity contribution is -0.121. The first-order valence-corrected chi connectivity index (χ1v) is 20.1. The van der Waals surface area contributed by atoms with Crippen molar-refractivity contribution in [3.8, 4) is 16.9 Å². The molecule has 1 aliphatic rings. The average Bonchev–Trinajstić information content (AvgIpc) is 3.16. The van der Waals surface area contributed by atoms with E-state index in [1.165, 1.54) is 16.4 Å². The minimum atomic E-state index is -3.66. The maximum absolute atomic E-state index is 13.4. The summed E-state index contributed by atoms with van der Waals surface area (Å²) in [5, 5.41) is 34.1. The van der Waals surface area contributed by atoms with Crippen molar-refractivity contribution in [3.05, 3.63) is 84.4 Å². The quantitative estimate of drug-likeness (QED) is 0.0950. The van der Waals surface area contributed by atoms with Crippen molar-refractivity contribution in [2.45, 2.75) is 51.2 Å². The minimum absolute atomic E-state index is 0.0355. The smallest absolute Gasteiger partial charge is 0.411 e. The summed E-state index contributed by atoms with van der Waals surface area (Å²) in [6.45, 7) is 3.54. The number of sulfonamides is 1. The van der Waals surface area contributed by atoms with E-state index in [4.69, 9.17) is 4.74 Å². The molecule has 0 atom stereocenters. The summed E-state index contributed by atoms with van der Waals surface area (Å²) in [5.41, 5.74) is 3.38. The van der Waals surface area contributed by atoms with Crippen molar-refractivity contribution in [2.75, 3.05) is 76.6 Å². The molecule has 0 saturated carbocycles. The van der Waals surface area contributed by atoms with Crippen LogP contribution < -0.4 is 10.6 Å². The number of nitrogens with one attached hydrogen (secondary N) is 2. The first-order chi connectivity index (χ1) is 25.7. The largest absolute Gasteiger partial charge is 0.508 e. The number of hydrogen-bond donors (Lipinski definition) is 5. The summed E-state index contributed by atoms with van der Waals surface area (Å²) in [6, 6.07) is 23.9. The molecule has 0 unspecified atom stereocenters. The van der Waals surface area contributed by atoms with Crippen LogP contribution in [0.25, 0.3) is 11.1 Å². The van der Waals surface area contributed by atoms with Gasteiger partial charge in [-0.3, -0.25) is 15.0 Å². The number of ether oxygens (including phenoxy) is 1. The van der Waals surface area contributed by atoms with E-state index in [-0.39, 0.29) is 62.9 Å². The number of piperidine rings is 1. The molecular formula is C39H55N5O8S. The van der Waals surface area contributed by atoms with E-state index in [1.54, 1.807) is 17.0 Å². The number of aromatic hydroxyl groups is 1. The van der Waals surface area contributed by atoms with Gasteiger partial charge in [0.05, 0.1) is 24.7 Å². The minimum Gasteiger partial charge on any atom is -0.508 e. The number of unbranched alkanes of at least 4 members (excludes halogenated alkanes) is 2. The molecule has 1 aliphatic heterocycles. The summed E-state index contributed by atoms with van der Waals surface area (Å²) in [6.07, 6.45) is 3.13. The number of likely N-dealkylation sites (tertiary alicyclic amines) is 1. The zero-order chi connectivity index (χ0) is 37.9. The third-order valence-electron chi connectivity index (χ3n) is 9.31. The third kappa shape index (κ3) is 14.7. The predicted octanol–water partition coefficient (Wildman–Crippen LogP) is 3.87. The van der Waals surface area contributed by atoms with Gasteiger partial charge in [-0.1, -0.05) is 67.1 Å². The molecule has 0 aliphatic carbocycles. The number of rotatable bonds is 22. The third-order valence-corrected chi connectivity index (χ3v) is 11.1. The molecule has 290 valence electrons. The van der Waals surface area contributed by atoms with Crippen LogP contribution in [0.15, 0.2) is 78.9 Å². The molecule has 0 bridgehead atoms. The average molecular weight is 754 g/mol. The topological polar surface area (TPSA) is 172 Å². The van der Waals surface area contributed by atoms with Crippen molar-refractivity contribution in [1.29, 1.82) is 0 Å². The number of carbonyl (C=O) groups is 2. The molecule has 4 rings (SSSR count). The van der Waals surface area contributed by atoms with Gasteiger partial charge in [-0.25, -0.2) is 13.2 Å². The van der Waals surface area contributed by atoms with E-state index in [0.717, 1.165) is 36.2 Å². The highest BCUT2D eigenvalue weighted by molar-refractivity contribution is 7.89. The molecular weight excluding hydrogens is 699 g/mol. The maximum atomic E-state index is 13.4. The SMILES string of the molecule is O=C(CCN1CCC(OC(=O)Nc2ccccc2-c2ccccc2)CC1)NCCCCCN(Cc1ccc(O)cc1)S(=O)(=O)CCN(CCO)CCO. The van der Waals surface area contributed by atoms with Gasteiger partial charge in [0.25, 0.3) is 0 Å². The van der Waals surface area contributed by atoms with Gasteiger partial charge in [0.15, 0.2) is 0 Å². The second kappa shape index (κ2) is 22.2. The number of phenolic OH excluding ortho intramolecular Hbond substituents is 1. The Labute approximate surface area is 313 Å². The molecule has 3 aromatic carbocycles. The van der Waals surface area contributed by atoms with Crippen LogP contribution >= 0.6 is 0 Å². The summed E-state index contributed by atoms with van der Waals surface area (Å²) in [5.74, 6) is -0.0794. The van der Waals surface area contributed by atoms with Gasteiger partial charge in [-0.2, -0.15) is 4.31 Å². The highest BCUT2D eigenvalue weighted by Crippen LogP contribution is 2.28. The lowest BCUT2D eigenvalue weighted by Gasteiger charge is -2.31. The molecule has 3 aromatic rings. The van der Waals surface area contributed by atoms with Crippen molar-refractivity contribution < 1.29 is 38.1 Å². The zero-order valence-electron chi connectivity index (χ0n) is 30.4. The number of para-hydroxylation sites is 1. The Morgan fingerprint density at radius 2 is 1.51 bits per heavy atom. The van der Waals surface area contributed by atoms with E-state index in [2.05, 4.69) is 15.5 Å². The van der Waals surface area contributed by atoms with Crippen LogP contribution in [0, 0.1) is 0 Å². The maximum Gasteiger partial charge on any atom is 0.411 e. The summed E-state index contributed by atoms with van der Waals surface area (Å²) in [7, 11) is -3.66. The van der Waals surface area contributed by atoms with E-state index < -0.39 is 16.1 Å². The molecule has 1 fully saturated rings. The number of phenols is 1. The standard InChI is InChI=1S/C39H55N5O8S/c45-28-25-43(26-29-46)27-30-53(50,51)44(31-32-13-15-34(47)16-14-32)21-8-2-7-20-40-38(48)19-24-42-22-17-35(18-23-42)52-39(49)41-37-12-6-5-11-36(37)33-9-3-1-4-10-33/h1,3-6,9-16,35,45-47H,2,7-8,17-31H2,(H,40,48)(H,41,49). The van der Waals surface area contributed by atoms with Crippen LogP contribution in [0.2, 0.25) is 0 Å². The fraction of sp³-hybridized carbons (Fsp3) is 0.487. The molecule has 0 radical (unpaired) electrons. The number of nitrogens with zero attached hydrogens (tertiary/aromatic N) is 3. The van der Waals surface area contributed by atoms with Crippen LogP contribution in [0.3, 0.4) is 0 Å². The van der Waals surface area contributed by atoms with Crippen molar-refractivity contribution in [1.82, 2.24) is 19.4 Å². The molecule has 13 nitrogen and oxygen atoms in total. The highest BCUT2D eigenvalue weighted by atomic mass is 32.2. The monoisotopic (exact) mass is 753 g/mol. The van der Waals surface area contributed by atoms with Crippen LogP contribution in [0.1, 0.15) is 44.1 Å². The Hall–Kier alpha value is -4.05. The van der Waals surface area contributed by atoms with Crippen molar-refractivity contribution in [2.24, 2.45) is 0 Å². The van der Waals surface area contributed by atoms with Gasteiger partial charge in [-0.05, 0) is 55.0 Å². The fourth-order valence-electron chi connectivity index (χ4n) is 6.28. The lowest BCUT2D eigenvalue weighted by atomic mass is 10.0. The Kier molecular flexibility index (Phi) is 17.5. The van der Waals surface area contributed by atoms with Crippen LogP contribution in [-0.2, 0) is 26.1 Å². The van der Waals surface area contributed by atoms with Crippen molar-refractivity contribution in [3.63, 3.8) is 0 Å². The fourth-order valence-corrected chi connectivity index (χ4v) is 7.78. The van der Waals surface area contributed by atoms with Gasteiger partial charge in [0.2, 0.25) is 15.9 Å². The van der Waals surface area contributed by atoms with Crippen LogP contribution in [-0.4, -0.2) is 127 Å². The van der Waals surface area contributed by atoms with Gasteiger partial charge in [0.1, 0.15) is 11.9 Å². The van der Waals surface area contributed by atoms with E-state index >= 15 is 0 Å². The van der Waals surface area contributed by atoms with E-state index in [0.29, 0.717) is 57.4 Å². The number of hydrogen-bond acceptors (Lipinski definition) is 10. The molecule has 1 saturated heterocycles. The first kappa shape index (κ1) is 41.7. The van der Waals surface area contributed by atoms with Crippen molar-refractivity contribution >= 4 is 27.7 Å². The normalized spacial score (nSPS) is 14.0. The Bertz CT molecular complexity index is 1630. The Balaban J connectivity index is 1.12. The molecule has 0 aromatic heterocycles. The summed E-state index contributed by atoms with van der Waals surface area (Å²) >= 11 is 0. The first-order valence-electron chi connectivity index (χ1n) is 18.5. The van der Waals surface area contributed by atoms with Crippen LogP contribution in [0.4, 0.5) is 10.5 Å². The Morgan fingerprint density at radius 1 is 0.830 bits per heavy atom.